The third kappa shape index (κ3) is 3.34. The number of rotatable bonds is 4. The molecule has 2 saturated heterocycles. The summed E-state index contributed by atoms with van der Waals surface area (Å²) in [5.41, 5.74) is 5.66. The van der Waals surface area contributed by atoms with Crippen molar-refractivity contribution in [1.29, 1.82) is 0 Å². The quantitative estimate of drug-likeness (QED) is 0.606. The highest BCUT2D eigenvalue weighted by Crippen LogP contribution is 2.52. The first-order valence-electron chi connectivity index (χ1n) is 12.0. The molecule has 1 N–H and O–H groups in total. The van der Waals surface area contributed by atoms with Gasteiger partial charge in [-0.05, 0) is 56.7 Å². The lowest BCUT2D eigenvalue weighted by Crippen LogP contribution is -2.62. The van der Waals surface area contributed by atoms with E-state index in [9.17, 15) is 4.79 Å². The summed E-state index contributed by atoms with van der Waals surface area (Å²) in [7, 11) is 0. The van der Waals surface area contributed by atoms with E-state index in [0.717, 1.165) is 35.5 Å². The van der Waals surface area contributed by atoms with Crippen molar-refractivity contribution in [2.24, 2.45) is 5.41 Å². The number of carbonyl (C=O) groups excluding carboxylic acids is 1. The maximum Gasteiger partial charge on any atom is 0.256 e. The minimum absolute atomic E-state index is 0.122. The fourth-order valence-electron chi connectivity index (χ4n) is 6.69. The molecule has 3 aliphatic rings. The van der Waals surface area contributed by atoms with Gasteiger partial charge in [-0.3, -0.25) is 9.78 Å². The molecule has 33 heavy (non-hydrogen) atoms. The highest BCUT2D eigenvalue weighted by Gasteiger charge is 2.60. The molecule has 1 aromatic carbocycles. The van der Waals surface area contributed by atoms with Gasteiger partial charge < -0.3 is 10.2 Å². The zero-order valence-electron chi connectivity index (χ0n) is 19.2. The predicted octanol–water partition coefficient (Wildman–Crippen LogP) is 4.87. The molecule has 1 amide bonds. The van der Waals surface area contributed by atoms with E-state index in [1.165, 1.54) is 18.4 Å². The normalized spacial score (nSPS) is 30.4. The number of hydrogen-bond donors (Lipinski definition) is 1. The Morgan fingerprint density at radius 1 is 1.18 bits per heavy atom. The summed E-state index contributed by atoms with van der Waals surface area (Å²) in [6.07, 6.45) is 7.26. The number of benzene rings is 1. The summed E-state index contributed by atoms with van der Waals surface area (Å²) in [6.45, 7) is 4.40. The first-order chi connectivity index (χ1) is 16.1. The van der Waals surface area contributed by atoms with Crippen molar-refractivity contribution in [3.8, 4) is 10.6 Å². The molecule has 6 rings (SSSR count). The fraction of sp³-hybridized carbons (Fsp3) is 0.444. The van der Waals surface area contributed by atoms with E-state index in [0.29, 0.717) is 17.6 Å². The highest BCUT2D eigenvalue weighted by molar-refractivity contribution is 7.13. The van der Waals surface area contributed by atoms with Crippen molar-refractivity contribution < 1.29 is 4.79 Å². The van der Waals surface area contributed by atoms with Crippen LogP contribution in [0.1, 0.15) is 54.2 Å². The van der Waals surface area contributed by atoms with Crippen LogP contribution in [0.3, 0.4) is 0 Å². The first kappa shape index (κ1) is 21.0. The standard InChI is InChI=1S/C27H30N4OS/c1-17-25(33-16-29-17)24-19(10-7-13-28-24)26(32)31-21(14-18-8-4-3-5-9-18)20-15-27(2)22(30-20)11-6-12-23(27)31/h3-5,7-10,13,16,20-23,30H,6,11-12,14-15H2,1-2H3/t20-,21+,22-,23+,27-/m0/s1. The molecule has 2 aromatic heterocycles. The Morgan fingerprint density at radius 3 is 2.82 bits per heavy atom. The Morgan fingerprint density at radius 2 is 2.03 bits per heavy atom. The van der Waals surface area contributed by atoms with E-state index in [4.69, 9.17) is 0 Å². The predicted molar refractivity (Wildman–Crippen MR) is 131 cm³/mol. The maximum atomic E-state index is 14.4. The largest absolute Gasteiger partial charge is 0.330 e. The van der Waals surface area contributed by atoms with Crippen LogP contribution in [0.25, 0.3) is 10.6 Å². The Balaban J connectivity index is 1.45. The molecule has 4 heterocycles. The molecule has 2 bridgehead atoms. The van der Waals surface area contributed by atoms with Crippen molar-refractivity contribution in [2.75, 3.05) is 0 Å². The van der Waals surface area contributed by atoms with Gasteiger partial charge in [-0.2, -0.15) is 0 Å². The zero-order chi connectivity index (χ0) is 22.6. The molecule has 170 valence electrons. The van der Waals surface area contributed by atoms with Crippen LogP contribution in [0, 0.1) is 12.3 Å². The summed E-state index contributed by atoms with van der Waals surface area (Å²) >= 11 is 1.56. The molecule has 3 fully saturated rings. The zero-order valence-corrected chi connectivity index (χ0v) is 20.0. The summed E-state index contributed by atoms with van der Waals surface area (Å²) in [6, 6.07) is 15.7. The number of pyridine rings is 1. The lowest BCUT2D eigenvalue weighted by atomic mass is 9.64. The average Bonchev–Trinajstić information content (AvgIpc) is 3.41. The van der Waals surface area contributed by atoms with Crippen LogP contribution in [-0.4, -0.2) is 44.9 Å². The Kier molecular flexibility index (Phi) is 5.11. The van der Waals surface area contributed by atoms with E-state index in [1.807, 2.05) is 24.6 Å². The Bertz CT molecular complexity index is 1180. The third-order valence-electron chi connectivity index (χ3n) is 8.28. The minimum Gasteiger partial charge on any atom is -0.330 e. The second kappa shape index (κ2) is 8.03. The van der Waals surface area contributed by atoms with Gasteiger partial charge in [0.25, 0.3) is 5.91 Å². The monoisotopic (exact) mass is 458 g/mol. The Labute approximate surface area is 199 Å². The van der Waals surface area contributed by atoms with E-state index in [2.05, 4.69) is 57.4 Å². The average molecular weight is 459 g/mol. The number of thiazole rings is 1. The number of nitrogens with zero attached hydrogens (tertiary/aromatic N) is 3. The summed E-state index contributed by atoms with van der Waals surface area (Å²) in [5, 5.41) is 3.97. The lowest BCUT2D eigenvalue weighted by molar-refractivity contribution is -0.0111. The van der Waals surface area contributed by atoms with Crippen LogP contribution in [0.5, 0.6) is 0 Å². The van der Waals surface area contributed by atoms with Crippen LogP contribution in [0.4, 0.5) is 0 Å². The number of fused-ring (bicyclic) bond motifs is 1. The Hall–Kier alpha value is -2.57. The van der Waals surface area contributed by atoms with Gasteiger partial charge in [0.05, 0.1) is 33.4 Å². The summed E-state index contributed by atoms with van der Waals surface area (Å²) in [4.78, 5) is 26.8. The van der Waals surface area contributed by atoms with Crippen molar-refractivity contribution in [2.45, 2.75) is 70.1 Å². The molecular formula is C27H30N4OS. The van der Waals surface area contributed by atoms with Crippen LogP contribution in [0.2, 0.25) is 0 Å². The maximum absolute atomic E-state index is 14.4. The van der Waals surface area contributed by atoms with Crippen LogP contribution in [-0.2, 0) is 6.42 Å². The van der Waals surface area contributed by atoms with Crippen molar-refractivity contribution in [3.05, 3.63) is 71.0 Å². The SMILES string of the molecule is Cc1ncsc1-c1ncccc1C(=O)N1[C@H](Cc2ccccc2)[C@@H]2C[C@@]3(C)[C@H](CCC[C@@H]13)N2. The van der Waals surface area contributed by atoms with Gasteiger partial charge in [-0.15, -0.1) is 11.3 Å². The van der Waals surface area contributed by atoms with Crippen LogP contribution < -0.4 is 5.32 Å². The number of carbonyl (C=O) groups is 1. The van der Waals surface area contributed by atoms with Gasteiger partial charge in [0.2, 0.25) is 0 Å². The van der Waals surface area contributed by atoms with Crippen molar-refractivity contribution >= 4 is 17.2 Å². The smallest absolute Gasteiger partial charge is 0.256 e. The number of amides is 1. The molecular weight excluding hydrogens is 428 g/mol. The molecule has 1 aliphatic carbocycles. The van der Waals surface area contributed by atoms with Gasteiger partial charge in [0.1, 0.15) is 0 Å². The first-order valence-corrected chi connectivity index (χ1v) is 12.9. The minimum atomic E-state index is 0.122. The number of nitrogens with one attached hydrogen (secondary N) is 1. The van der Waals surface area contributed by atoms with Gasteiger partial charge in [-0.25, -0.2) is 4.98 Å². The van der Waals surface area contributed by atoms with Gasteiger partial charge in [0.15, 0.2) is 0 Å². The van der Waals surface area contributed by atoms with Gasteiger partial charge >= 0.3 is 0 Å². The molecule has 2 aliphatic heterocycles. The second-order valence-corrected chi connectivity index (χ2v) is 11.0. The van der Waals surface area contributed by atoms with E-state index >= 15 is 0 Å². The highest BCUT2D eigenvalue weighted by atomic mass is 32.1. The summed E-state index contributed by atoms with van der Waals surface area (Å²) < 4.78 is 0. The summed E-state index contributed by atoms with van der Waals surface area (Å²) in [5.74, 6) is 0.122. The van der Waals surface area contributed by atoms with Gasteiger partial charge in [0, 0.05) is 29.7 Å². The van der Waals surface area contributed by atoms with Crippen LogP contribution >= 0.6 is 11.3 Å². The number of aryl methyl sites for hydroxylation is 1. The molecule has 1 saturated carbocycles. The third-order valence-corrected chi connectivity index (χ3v) is 9.22. The van der Waals surface area contributed by atoms with Gasteiger partial charge in [-0.1, -0.05) is 37.3 Å². The molecule has 5 nitrogen and oxygen atoms in total. The molecule has 0 radical (unpaired) electrons. The molecule has 6 heteroatoms. The number of likely N-dealkylation sites (tertiary alicyclic amines) is 1. The number of piperidine rings is 1. The molecule has 5 atom stereocenters. The molecule has 0 spiro atoms. The van der Waals surface area contributed by atoms with Crippen molar-refractivity contribution in [1.82, 2.24) is 20.2 Å². The fourth-order valence-corrected chi connectivity index (χ4v) is 7.51. The number of hydrogen-bond acceptors (Lipinski definition) is 5. The van der Waals surface area contributed by atoms with Crippen LogP contribution in [0.15, 0.2) is 54.2 Å². The van der Waals surface area contributed by atoms with E-state index < -0.39 is 0 Å². The van der Waals surface area contributed by atoms with E-state index in [1.54, 1.807) is 17.5 Å². The molecule has 0 unspecified atom stereocenters. The lowest BCUT2D eigenvalue weighted by Gasteiger charge is -2.53. The molecule has 3 aromatic rings. The van der Waals surface area contributed by atoms with Crippen molar-refractivity contribution in [3.63, 3.8) is 0 Å². The number of aromatic nitrogens is 2. The van der Waals surface area contributed by atoms with E-state index in [-0.39, 0.29) is 23.4 Å². The topological polar surface area (TPSA) is 58.1 Å². The second-order valence-electron chi connectivity index (χ2n) is 10.1.